The number of urea groups is 1. The molecule has 1 aliphatic heterocycles. The molecule has 0 bridgehead atoms. The Kier molecular flexibility index (Phi) is 4.55. The largest absolute Gasteiger partial charge is 0.334 e. The van der Waals surface area contributed by atoms with E-state index in [-0.39, 0.29) is 17.5 Å². The van der Waals surface area contributed by atoms with Crippen LogP contribution in [-0.2, 0) is 9.84 Å². The molecule has 0 saturated carbocycles. The predicted octanol–water partition coefficient (Wildman–Crippen LogP) is -0.187. The van der Waals surface area contributed by atoms with Gasteiger partial charge in [-0.3, -0.25) is 5.01 Å². The minimum atomic E-state index is -2.93. The molecule has 0 spiro atoms. The Bertz CT molecular complexity index is 342. The molecular weight excluding hydrogens is 230 g/mol. The number of rotatable bonds is 5. The van der Waals surface area contributed by atoms with E-state index in [1.807, 2.05) is 0 Å². The highest BCUT2D eigenvalue weighted by molar-refractivity contribution is 7.91. The molecule has 7 heteroatoms. The topological polar surface area (TPSA) is 83.7 Å². The highest BCUT2D eigenvalue weighted by Crippen LogP contribution is 2.06. The van der Waals surface area contributed by atoms with Crippen molar-refractivity contribution in [1.29, 1.82) is 0 Å². The highest BCUT2D eigenvalue weighted by Gasteiger charge is 2.23. The molecule has 0 aliphatic carbocycles. The van der Waals surface area contributed by atoms with Crippen LogP contribution in [0.3, 0.4) is 0 Å². The van der Waals surface area contributed by atoms with Gasteiger partial charge in [0.2, 0.25) is 0 Å². The lowest BCUT2D eigenvalue weighted by atomic mass is 10.3. The highest BCUT2D eigenvalue weighted by atomic mass is 32.2. The second-order valence-corrected chi connectivity index (χ2v) is 6.38. The lowest BCUT2D eigenvalue weighted by Crippen LogP contribution is -2.52. The van der Waals surface area contributed by atoms with Crippen LogP contribution in [0.15, 0.2) is 0 Å². The van der Waals surface area contributed by atoms with Crippen LogP contribution >= 0.6 is 0 Å². The van der Waals surface area contributed by atoms with E-state index in [2.05, 4.69) is 0 Å². The summed E-state index contributed by atoms with van der Waals surface area (Å²) in [7, 11) is -2.93. The molecule has 0 unspecified atom stereocenters. The van der Waals surface area contributed by atoms with Gasteiger partial charge in [-0.15, -0.1) is 0 Å². The zero-order valence-electron chi connectivity index (χ0n) is 9.55. The maximum Gasteiger partial charge on any atom is 0.334 e. The fourth-order valence-corrected chi connectivity index (χ4v) is 2.49. The van der Waals surface area contributed by atoms with Crippen molar-refractivity contribution in [2.24, 2.45) is 5.84 Å². The number of sulfone groups is 1. The Morgan fingerprint density at radius 3 is 2.69 bits per heavy atom. The number of hydrogen-bond acceptors (Lipinski definition) is 4. The number of carbonyl (C=O) groups excluding carboxylic acids is 1. The van der Waals surface area contributed by atoms with Gasteiger partial charge in [-0.2, -0.15) is 0 Å². The SMILES string of the molecule is CCS(=O)(=O)CCCN1CCCN(N)C1=O. The van der Waals surface area contributed by atoms with Crippen LogP contribution in [0.25, 0.3) is 0 Å². The number of amides is 2. The van der Waals surface area contributed by atoms with Crippen LogP contribution in [0, 0.1) is 0 Å². The molecule has 1 aliphatic rings. The molecule has 6 nitrogen and oxygen atoms in total. The molecule has 0 radical (unpaired) electrons. The summed E-state index contributed by atoms with van der Waals surface area (Å²) in [6.45, 7) is 3.33. The van der Waals surface area contributed by atoms with E-state index in [9.17, 15) is 13.2 Å². The first-order valence-corrected chi connectivity index (χ1v) is 7.30. The molecule has 2 amide bonds. The van der Waals surface area contributed by atoms with E-state index in [0.717, 1.165) is 6.42 Å². The molecule has 1 fully saturated rings. The van der Waals surface area contributed by atoms with Crippen LogP contribution < -0.4 is 5.84 Å². The Hall–Kier alpha value is -0.820. The molecule has 1 saturated heterocycles. The van der Waals surface area contributed by atoms with Gasteiger partial charge in [-0.1, -0.05) is 6.92 Å². The third-order valence-electron chi connectivity index (χ3n) is 2.67. The van der Waals surface area contributed by atoms with Gasteiger partial charge in [-0.25, -0.2) is 19.1 Å². The Morgan fingerprint density at radius 1 is 1.38 bits per heavy atom. The number of carbonyl (C=O) groups is 1. The molecule has 0 atom stereocenters. The van der Waals surface area contributed by atoms with Crippen LogP contribution in [0.5, 0.6) is 0 Å². The average Bonchev–Trinajstić information content (AvgIpc) is 2.24. The first-order chi connectivity index (χ1) is 7.46. The lowest BCUT2D eigenvalue weighted by Gasteiger charge is -2.32. The quantitative estimate of drug-likeness (QED) is 0.541. The number of hydrazine groups is 1. The van der Waals surface area contributed by atoms with Crippen LogP contribution in [-0.4, -0.2) is 55.5 Å². The van der Waals surface area contributed by atoms with Gasteiger partial charge in [-0.05, 0) is 12.8 Å². The molecule has 1 rings (SSSR count). The third kappa shape index (κ3) is 3.64. The summed E-state index contributed by atoms with van der Waals surface area (Å²) in [6, 6.07) is -0.208. The third-order valence-corrected chi connectivity index (χ3v) is 4.46. The predicted molar refractivity (Wildman–Crippen MR) is 61.4 cm³/mol. The first kappa shape index (κ1) is 13.2. The fraction of sp³-hybridized carbons (Fsp3) is 0.889. The van der Waals surface area contributed by atoms with E-state index >= 15 is 0 Å². The molecular formula is C9H19N3O3S. The smallest absolute Gasteiger partial charge is 0.323 e. The van der Waals surface area contributed by atoms with Crippen molar-refractivity contribution in [3.8, 4) is 0 Å². The summed E-state index contributed by atoms with van der Waals surface area (Å²) in [5.41, 5.74) is 0. The lowest BCUT2D eigenvalue weighted by molar-refractivity contribution is 0.130. The van der Waals surface area contributed by atoms with Crippen molar-refractivity contribution in [2.45, 2.75) is 19.8 Å². The van der Waals surface area contributed by atoms with E-state index in [4.69, 9.17) is 5.84 Å². The summed E-state index contributed by atoms with van der Waals surface area (Å²) in [6.07, 6.45) is 1.32. The van der Waals surface area contributed by atoms with Gasteiger partial charge in [0.25, 0.3) is 0 Å². The monoisotopic (exact) mass is 249 g/mol. The van der Waals surface area contributed by atoms with Crippen molar-refractivity contribution in [3.05, 3.63) is 0 Å². The van der Waals surface area contributed by atoms with Crippen LogP contribution in [0.4, 0.5) is 4.79 Å². The fourth-order valence-electron chi connectivity index (χ4n) is 1.63. The maximum absolute atomic E-state index is 11.5. The molecule has 0 aromatic carbocycles. The zero-order chi connectivity index (χ0) is 12.2. The second-order valence-electron chi connectivity index (χ2n) is 3.91. The Balaban J connectivity index is 2.35. The van der Waals surface area contributed by atoms with Gasteiger partial charge in [0.1, 0.15) is 9.84 Å². The summed E-state index contributed by atoms with van der Waals surface area (Å²) in [4.78, 5) is 13.1. The number of nitrogens with two attached hydrogens (primary N) is 1. The van der Waals surface area contributed by atoms with E-state index < -0.39 is 9.84 Å². The minimum Gasteiger partial charge on any atom is -0.323 e. The van der Waals surface area contributed by atoms with Gasteiger partial charge in [0.15, 0.2) is 0 Å². The van der Waals surface area contributed by atoms with E-state index in [0.29, 0.717) is 26.1 Å². The second kappa shape index (κ2) is 5.49. The number of nitrogens with zero attached hydrogens (tertiary/aromatic N) is 2. The van der Waals surface area contributed by atoms with Crippen molar-refractivity contribution in [1.82, 2.24) is 9.91 Å². The normalized spacial score (nSPS) is 18.0. The van der Waals surface area contributed by atoms with Crippen molar-refractivity contribution >= 4 is 15.9 Å². The van der Waals surface area contributed by atoms with Crippen LogP contribution in [0.2, 0.25) is 0 Å². The Morgan fingerprint density at radius 2 is 2.06 bits per heavy atom. The molecule has 16 heavy (non-hydrogen) atoms. The summed E-state index contributed by atoms with van der Waals surface area (Å²) in [5.74, 6) is 5.77. The minimum absolute atomic E-state index is 0.137. The van der Waals surface area contributed by atoms with Gasteiger partial charge < -0.3 is 4.90 Å². The zero-order valence-corrected chi connectivity index (χ0v) is 10.4. The van der Waals surface area contributed by atoms with Crippen LogP contribution in [0.1, 0.15) is 19.8 Å². The molecule has 0 aromatic rings. The van der Waals surface area contributed by atoms with E-state index in [1.165, 1.54) is 5.01 Å². The van der Waals surface area contributed by atoms with Gasteiger partial charge in [0.05, 0.1) is 5.75 Å². The molecule has 94 valence electrons. The molecule has 2 N–H and O–H groups in total. The maximum atomic E-state index is 11.5. The van der Waals surface area contributed by atoms with Crippen molar-refractivity contribution in [2.75, 3.05) is 31.1 Å². The summed E-state index contributed by atoms with van der Waals surface area (Å²) < 4.78 is 22.5. The van der Waals surface area contributed by atoms with Gasteiger partial charge >= 0.3 is 6.03 Å². The number of hydrogen-bond donors (Lipinski definition) is 1. The summed E-state index contributed by atoms with van der Waals surface area (Å²) in [5, 5.41) is 1.18. The molecule has 1 heterocycles. The first-order valence-electron chi connectivity index (χ1n) is 5.48. The summed E-state index contributed by atoms with van der Waals surface area (Å²) >= 11 is 0. The molecule has 0 aromatic heterocycles. The van der Waals surface area contributed by atoms with Gasteiger partial charge in [0, 0.05) is 25.4 Å². The average molecular weight is 249 g/mol. The van der Waals surface area contributed by atoms with Crippen molar-refractivity contribution in [3.63, 3.8) is 0 Å². The van der Waals surface area contributed by atoms with Crippen molar-refractivity contribution < 1.29 is 13.2 Å². The Labute approximate surface area is 96.3 Å². The standard InChI is InChI=1S/C9H19N3O3S/c1-2-16(14,15)8-4-6-11-5-3-7-12(10)9(11)13/h2-8,10H2,1H3. The van der Waals surface area contributed by atoms with E-state index in [1.54, 1.807) is 11.8 Å².